The lowest BCUT2D eigenvalue weighted by Gasteiger charge is -2.10. The summed E-state index contributed by atoms with van der Waals surface area (Å²) in [6.07, 6.45) is 0.915. The van der Waals surface area contributed by atoms with Gasteiger partial charge in [0.25, 0.3) is 0 Å². The van der Waals surface area contributed by atoms with Gasteiger partial charge in [-0.15, -0.1) is 0 Å². The molecular formula is C23H21NO8. The molecule has 2 N–H and O–H groups in total. The largest absolute Gasteiger partial charge is 0.494 e. The van der Waals surface area contributed by atoms with Crippen molar-refractivity contribution in [3.05, 3.63) is 59.7 Å². The number of hydrogen-bond donors (Lipinski definition) is 2. The second kappa shape index (κ2) is 11.9. The number of Topliss-reactive ketones (excluding diaryl/α,β-unsaturated/α-hetero) is 1. The number of ether oxygens (including phenoxy) is 1. The van der Waals surface area contributed by atoms with Crippen molar-refractivity contribution in [2.45, 2.75) is 25.7 Å². The van der Waals surface area contributed by atoms with Crippen LogP contribution in [0.4, 0.5) is 5.69 Å². The molecule has 0 heterocycles. The summed E-state index contributed by atoms with van der Waals surface area (Å²) >= 11 is 0. The summed E-state index contributed by atoms with van der Waals surface area (Å²) in [6.45, 7) is 0.203. The molecule has 1 atom stereocenters. The highest BCUT2D eigenvalue weighted by atomic mass is 16.5. The molecule has 0 amide bonds. The lowest BCUT2D eigenvalue weighted by molar-refractivity contribution is -0.149. The van der Waals surface area contributed by atoms with Crippen LogP contribution >= 0.6 is 0 Å². The van der Waals surface area contributed by atoms with Crippen LogP contribution in [0.15, 0.2) is 53.5 Å². The second-order valence-corrected chi connectivity index (χ2v) is 6.93. The Kier molecular flexibility index (Phi) is 9.01. The van der Waals surface area contributed by atoms with E-state index in [2.05, 4.69) is 4.99 Å². The van der Waals surface area contributed by atoms with Gasteiger partial charge >= 0.3 is 11.9 Å². The predicted molar refractivity (Wildman–Crippen MR) is 112 cm³/mol. The summed E-state index contributed by atoms with van der Waals surface area (Å²) in [5.41, 5.74) is 1.28. The number of aliphatic imine (C=N–C) groups is 1. The zero-order valence-electron chi connectivity index (χ0n) is 17.0. The second-order valence-electron chi connectivity index (χ2n) is 6.93. The summed E-state index contributed by atoms with van der Waals surface area (Å²) in [6, 6.07) is 12.6. The SMILES string of the molecule is O=C=Nc1ccc(C(=O)c2ccc(OCCCC(=O)CC(CC(=O)O)C(=O)O)cc2)cc1. The van der Waals surface area contributed by atoms with E-state index < -0.39 is 24.3 Å². The van der Waals surface area contributed by atoms with Crippen LogP contribution in [0.5, 0.6) is 5.75 Å². The van der Waals surface area contributed by atoms with Crippen LogP contribution in [-0.4, -0.2) is 46.4 Å². The Hall–Kier alpha value is -4.10. The van der Waals surface area contributed by atoms with Gasteiger partial charge in [-0.1, -0.05) is 0 Å². The zero-order valence-corrected chi connectivity index (χ0v) is 17.0. The third kappa shape index (κ3) is 7.62. The van der Waals surface area contributed by atoms with Crippen LogP contribution in [0.25, 0.3) is 0 Å². The van der Waals surface area contributed by atoms with Crippen LogP contribution in [0.3, 0.4) is 0 Å². The number of benzene rings is 2. The normalized spacial score (nSPS) is 11.1. The van der Waals surface area contributed by atoms with Crippen LogP contribution < -0.4 is 4.74 Å². The molecule has 2 rings (SSSR count). The van der Waals surface area contributed by atoms with Crippen molar-refractivity contribution in [3.8, 4) is 5.75 Å². The fourth-order valence-corrected chi connectivity index (χ4v) is 2.90. The van der Waals surface area contributed by atoms with E-state index in [1.807, 2.05) is 0 Å². The molecule has 0 aliphatic heterocycles. The number of aliphatic carboxylic acids is 2. The van der Waals surface area contributed by atoms with Gasteiger partial charge in [0.2, 0.25) is 6.08 Å². The Bertz CT molecular complexity index is 1020. The molecule has 0 bridgehead atoms. The van der Waals surface area contributed by atoms with Crippen LogP contribution in [-0.2, 0) is 19.2 Å². The molecule has 0 spiro atoms. The minimum atomic E-state index is -1.31. The van der Waals surface area contributed by atoms with Gasteiger partial charge < -0.3 is 14.9 Å². The van der Waals surface area contributed by atoms with Gasteiger partial charge in [0.1, 0.15) is 11.5 Å². The molecule has 0 aliphatic carbocycles. The number of isocyanates is 1. The molecule has 0 fully saturated rings. The number of hydrogen-bond acceptors (Lipinski definition) is 7. The van der Waals surface area contributed by atoms with Crippen molar-refractivity contribution < 1.29 is 38.9 Å². The number of carboxylic acids is 2. The topological polar surface area (TPSA) is 147 Å². The maximum absolute atomic E-state index is 12.5. The maximum Gasteiger partial charge on any atom is 0.307 e. The highest BCUT2D eigenvalue weighted by molar-refractivity contribution is 6.09. The van der Waals surface area contributed by atoms with E-state index in [0.29, 0.717) is 29.0 Å². The van der Waals surface area contributed by atoms with E-state index >= 15 is 0 Å². The minimum absolute atomic E-state index is 0.0735. The van der Waals surface area contributed by atoms with Crippen molar-refractivity contribution in [1.29, 1.82) is 0 Å². The van der Waals surface area contributed by atoms with Crippen molar-refractivity contribution in [3.63, 3.8) is 0 Å². The highest BCUT2D eigenvalue weighted by Crippen LogP contribution is 2.18. The Morgan fingerprint density at radius 2 is 1.50 bits per heavy atom. The van der Waals surface area contributed by atoms with E-state index in [1.165, 1.54) is 18.2 Å². The van der Waals surface area contributed by atoms with Gasteiger partial charge in [-0.25, -0.2) is 4.79 Å². The monoisotopic (exact) mass is 439 g/mol. The number of carboxylic acid groups (broad SMARTS) is 2. The Morgan fingerprint density at radius 1 is 0.906 bits per heavy atom. The fraction of sp³-hybridized carbons (Fsp3) is 0.261. The third-order valence-electron chi connectivity index (χ3n) is 4.53. The number of carbonyl (C=O) groups excluding carboxylic acids is 3. The number of carbonyl (C=O) groups is 4. The van der Waals surface area contributed by atoms with E-state index in [0.717, 1.165) is 0 Å². The van der Waals surface area contributed by atoms with Gasteiger partial charge in [0.05, 0.1) is 24.6 Å². The van der Waals surface area contributed by atoms with E-state index in [-0.39, 0.29) is 31.0 Å². The highest BCUT2D eigenvalue weighted by Gasteiger charge is 2.23. The molecule has 166 valence electrons. The molecule has 0 saturated carbocycles. The van der Waals surface area contributed by atoms with Gasteiger partial charge in [-0.3, -0.25) is 19.2 Å². The first-order valence-electron chi connectivity index (χ1n) is 9.72. The fourth-order valence-electron chi connectivity index (χ4n) is 2.90. The molecule has 0 aromatic heterocycles. The van der Waals surface area contributed by atoms with Gasteiger partial charge in [0, 0.05) is 24.0 Å². The maximum atomic E-state index is 12.5. The number of rotatable bonds is 13. The lowest BCUT2D eigenvalue weighted by atomic mass is 9.97. The summed E-state index contributed by atoms with van der Waals surface area (Å²) in [5.74, 6) is -3.86. The Balaban J connectivity index is 1.81. The van der Waals surface area contributed by atoms with Gasteiger partial charge in [-0.05, 0) is 55.0 Å². The molecule has 1 unspecified atom stereocenters. The van der Waals surface area contributed by atoms with Crippen LogP contribution in [0.2, 0.25) is 0 Å². The van der Waals surface area contributed by atoms with Crippen LogP contribution in [0, 0.1) is 5.92 Å². The molecule has 2 aromatic carbocycles. The van der Waals surface area contributed by atoms with Crippen molar-refractivity contribution >= 4 is 35.3 Å². The van der Waals surface area contributed by atoms with E-state index in [9.17, 15) is 24.0 Å². The minimum Gasteiger partial charge on any atom is -0.494 e. The van der Waals surface area contributed by atoms with Crippen molar-refractivity contribution in [2.24, 2.45) is 10.9 Å². The molecule has 2 aromatic rings. The summed E-state index contributed by atoms with van der Waals surface area (Å²) in [7, 11) is 0. The molecule has 32 heavy (non-hydrogen) atoms. The molecule has 9 heteroatoms. The average Bonchev–Trinajstić information content (AvgIpc) is 2.76. The molecule has 0 aliphatic rings. The van der Waals surface area contributed by atoms with Crippen molar-refractivity contribution in [1.82, 2.24) is 0 Å². The van der Waals surface area contributed by atoms with Gasteiger partial charge in [-0.2, -0.15) is 4.99 Å². The number of ketones is 2. The molecule has 0 saturated heterocycles. The standard InChI is InChI=1S/C23H21NO8/c25-14-24-18-7-3-15(4-8-18)22(29)16-5-9-20(10-6-16)32-11-1-2-19(26)12-17(23(30)31)13-21(27)28/h3-10,17H,1-2,11-13H2,(H,27,28)(H,30,31). The van der Waals surface area contributed by atoms with Crippen LogP contribution in [0.1, 0.15) is 41.6 Å². The summed E-state index contributed by atoms with van der Waals surface area (Å²) in [5, 5.41) is 17.7. The first-order chi connectivity index (χ1) is 15.3. The number of nitrogens with zero attached hydrogens (tertiary/aromatic N) is 1. The summed E-state index contributed by atoms with van der Waals surface area (Å²) in [4.78, 5) is 59.8. The van der Waals surface area contributed by atoms with E-state index in [1.54, 1.807) is 36.4 Å². The zero-order chi connectivity index (χ0) is 23.5. The molecule has 9 nitrogen and oxygen atoms in total. The Morgan fingerprint density at radius 3 is 2.03 bits per heavy atom. The Labute approximate surface area is 183 Å². The third-order valence-corrected chi connectivity index (χ3v) is 4.53. The lowest BCUT2D eigenvalue weighted by Crippen LogP contribution is -2.21. The first-order valence-corrected chi connectivity index (χ1v) is 9.72. The first kappa shape index (κ1) is 24.2. The van der Waals surface area contributed by atoms with Gasteiger partial charge in [0.15, 0.2) is 5.78 Å². The van der Waals surface area contributed by atoms with Crippen molar-refractivity contribution in [2.75, 3.05) is 6.61 Å². The quantitative estimate of drug-likeness (QED) is 0.209. The van der Waals surface area contributed by atoms with E-state index in [4.69, 9.17) is 14.9 Å². The molecule has 0 radical (unpaired) electrons. The summed E-state index contributed by atoms with van der Waals surface area (Å²) < 4.78 is 5.53. The predicted octanol–water partition coefficient (Wildman–Crippen LogP) is 3.18. The average molecular weight is 439 g/mol. The molecular weight excluding hydrogens is 418 g/mol. The smallest absolute Gasteiger partial charge is 0.307 e.